The van der Waals surface area contributed by atoms with Crippen molar-refractivity contribution in [3.05, 3.63) is 76.0 Å². The Labute approximate surface area is 202 Å². The zero-order valence-electron chi connectivity index (χ0n) is 19.0. The molecule has 178 valence electrons. The van der Waals surface area contributed by atoms with Gasteiger partial charge in [-0.25, -0.2) is 9.37 Å². The highest BCUT2D eigenvalue weighted by atomic mass is 32.1. The number of benzene rings is 2. The van der Waals surface area contributed by atoms with Crippen LogP contribution in [0, 0.1) is 5.82 Å². The molecule has 1 aliphatic rings. The van der Waals surface area contributed by atoms with Crippen LogP contribution in [0.4, 0.5) is 15.8 Å². The molecule has 1 fully saturated rings. The number of thiazole rings is 1. The lowest BCUT2D eigenvalue weighted by Crippen LogP contribution is -2.48. The monoisotopic (exact) mass is 482 g/mol. The van der Waals surface area contributed by atoms with Crippen LogP contribution in [0.15, 0.2) is 53.9 Å². The molecule has 0 bridgehead atoms. The molecule has 0 atom stereocenters. The summed E-state index contributed by atoms with van der Waals surface area (Å²) < 4.78 is 17.8. The summed E-state index contributed by atoms with van der Waals surface area (Å²) in [5.41, 5.74) is 3.53. The van der Waals surface area contributed by atoms with Gasteiger partial charge in [-0.2, -0.15) is 0 Å². The first kappa shape index (κ1) is 23.8. The molecule has 0 aliphatic carbocycles. The molecule has 0 spiro atoms. The number of piperazine rings is 1. The summed E-state index contributed by atoms with van der Waals surface area (Å²) in [6, 6.07) is 14.2. The van der Waals surface area contributed by atoms with Crippen molar-refractivity contribution in [3.8, 4) is 0 Å². The van der Waals surface area contributed by atoms with Crippen LogP contribution in [0.1, 0.15) is 16.3 Å². The maximum absolute atomic E-state index is 13.1. The predicted molar refractivity (Wildman–Crippen MR) is 131 cm³/mol. The van der Waals surface area contributed by atoms with Gasteiger partial charge in [0.05, 0.1) is 30.8 Å². The molecular formula is C25H27FN4O3S. The molecule has 34 heavy (non-hydrogen) atoms. The van der Waals surface area contributed by atoms with Crippen LogP contribution >= 0.6 is 11.3 Å². The van der Waals surface area contributed by atoms with Gasteiger partial charge in [0, 0.05) is 49.4 Å². The van der Waals surface area contributed by atoms with Gasteiger partial charge in [-0.3, -0.25) is 14.5 Å². The summed E-state index contributed by atoms with van der Waals surface area (Å²) in [7, 11) is 1.41. The van der Waals surface area contributed by atoms with Gasteiger partial charge in [0.15, 0.2) is 0 Å². The minimum atomic E-state index is -0.258. The van der Waals surface area contributed by atoms with E-state index in [0.29, 0.717) is 13.0 Å². The number of aromatic nitrogens is 1. The predicted octanol–water partition coefficient (Wildman–Crippen LogP) is 3.35. The highest BCUT2D eigenvalue weighted by molar-refractivity contribution is 7.09. The van der Waals surface area contributed by atoms with Gasteiger partial charge in [-0.1, -0.05) is 12.1 Å². The molecule has 0 radical (unpaired) electrons. The van der Waals surface area contributed by atoms with E-state index in [1.165, 1.54) is 30.6 Å². The molecular weight excluding hydrogens is 455 g/mol. The second kappa shape index (κ2) is 11.2. The van der Waals surface area contributed by atoms with Crippen molar-refractivity contribution in [2.75, 3.05) is 50.1 Å². The summed E-state index contributed by atoms with van der Waals surface area (Å²) in [5, 5.41) is 5.71. The van der Waals surface area contributed by atoms with Crippen molar-refractivity contribution in [1.82, 2.24) is 9.88 Å². The number of nitrogens with zero attached hydrogens (tertiary/aromatic N) is 3. The molecule has 1 amide bonds. The fraction of sp³-hybridized carbons (Fsp3) is 0.320. The first-order valence-corrected chi connectivity index (χ1v) is 12.0. The Kier molecular flexibility index (Phi) is 7.87. The molecule has 4 rings (SSSR count). The van der Waals surface area contributed by atoms with E-state index in [4.69, 9.17) is 4.74 Å². The Bertz CT molecular complexity index is 1110. The van der Waals surface area contributed by atoms with Gasteiger partial charge in [0.2, 0.25) is 5.91 Å². The number of halogens is 1. The number of ether oxygens (including phenoxy) is 1. The minimum absolute atomic E-state index is 0.122. The van der Waals surface area contributed by atoms with E-state index in [1.807, 2.05) is 29.6 Å². The third-order valence-electron chi connectivity index (χ3n) is 5.68. The van der Waals surface area contributed by atoms with E-state index < -0.39 is 0 Å². The number of methoxy groups -OCH3 is 1. The van der Waals surface area contributed by atoms with Crippen LogP contribution in [0.5, 0.6) is 0 Å². The third kappa shape index (κ3) is 6.61. The largest absolute Gasteiger partial charge is 0.468 e. The Balaban J connectivity index is 1.24. The van der Waals surface area contributed by atoms with E-state index in [9.17, 15) is 14.0 Å². The molecule has 0 saturated carbocycles. The number of esters is 1. The number of rotatable bonds is 8. The number of hydrogen-bond acceptors (Lipinski definition) is 7. The summed E-state index contributed by atoms with van der Waals surface area (Å²) in [5.74, 6) is -0.593. The smallest absolute Gasteiger partial charge is 0.319 e. The van der Waals surface area contributed by atoms with Crippen molar-refractivity contribution in [2.45, 2.75) is 12.8 Å². The fourth-order valence-corrected chi connectivity index (χ4v) is 4.65. The van der Waals surface area contributed by atoms with Crippen LogP contribution in [0.2, 0.25) is 0 Å². The maximum atomic E-state index is 13.1. The van der Waals surface area contributed by atoms with Gasteiger partial charge < -0.3 is 15.0 Å². The second-order valence-electron chi connectivity index (χ2n) is 8.15. The molecule has 2 heterocycles. The molecule has 1 aromatic heterocycles. The molecule has 1 saturated heterocycles. The SMILES string of the molecule is COC(=O)CN1CCN(c2ccc(NC(=O)Cc3csc(Cc4ccc(F)cc4)n3)cc2)CC1. The number of hydrogen-bond donors (Lipinski definition) is 1. The van der Waals surface area contributed by atoms with Crippen LogP contribution < -0.4 is 10.2 Å². The first-order valence-electron chi connectivity index (χ1n) is 11.1. The Morgan fingerprint density at radius 3 is 2.44 bits per heavy atom. The quantitative estimate of drug-likeness (QED) is 0.497. The van der Waals surface area contributed by atoms with Gasteiger partial charge in [-0.15, -0.1) is 11.3 Å². The van der Waals surface area contributed by atoms with Gasteiger partial charge in [0.25, 0.3) is 0 Å². The van der Waals surface area contributed by atoms with Crippen molar-refractivity contribution in [1.29, 1.82) is 0 Å². The molecule has 7 nitrogen and oxygen atoms in total. The minimum Gasteiger partial charge on any atom is -0.468 e. The van der Waals surface area contributed by atoms with E-state index >= 15 is 0 Å². The van der Waals surface area contributed by atoms with Crippen molar-refractivity contribution < 1.29 is 18.7 Å². The van der Waals surface area contributed by atoms with E-state index in [2.05, 4.69) is 20.1 Å². The van der Waals surface area contributed by atoms with E-state index in [1.54, 1.807) is 12.1 Å². The van der Waals surface area contributed by atoms with Crippen LogP contribution in [-0.4, -0.2) is 61.6 Å². The molecule has 0 unspecified atom stereocenters. The number of anilines is 2. The summed E-state index contributed by atoms with van der Waals surface area (Å²) in [6.07, 6.45) is 0.814. The first-order chi connectivity index (χ1) is 16.5. The zero-order chi connectivity index (χ0) is 23.9. The lowest BCUT2D eigenvalue weighted by molar-refractivity contribution is -0.142. The van der Waals surface area contributed by atoms with Crippen LogP contribution in [0.3, 0.4) is 0 Å². The zero-order valence-corrected chi connectivity index (χ0v) is 19.8. The summed E-state index contributed by atoms with van der Waals surface area (Å²) in [4.78, 5) is 32.8. The average molecular weight is 483 g/mol. The Morgan fingerprint density at radius 1 is 1.06 bits per heavy atom. The Morgan fingerprint density at radius 2 is 1.76 bits per heavy atom. The normalized spacial score (nSPS) is 14.1. The molecule has 3 aromatic rings. The van der Waals surface area contributed by atoms with Gasteiger partial charge in [0.1, 0.15) is 5.82 Å². The van der Waals surface area contributed by atoms with Crippen molar-refractivity contribution in [2.24, 2.45) is 0 Å². The lowest BCUT2D eigenvalue weighted by Gasteiger charge is -2.35. The number of amides is 1. The molecule has 1 aliphatic heterocycles. The van der Waals surface area contributed by atoms with Gasteiger partial charge in [-0.05, 0) is 42.0 Å². The third-order valence-corrected chi connectivity index (χ3v) is 6.58. The highest BCUT2D eigenvalue weighted by Crippen LogP contribution is 2.20. The van der Waals surface area contributed by atoms with Crippen molar-refractivity contribution in [3.63, 3.8) is 0 Å². The van der Waals surface area contributed by atoms with E-state index in [0.717, 1.165) is 53.8 Å². The second-order valence-corrected chi connectivity index (χ2v) is 9.09. The van der Waals surface area contributed by atoms with Crippen LogP contribution in [-0.2, 0) is 27.2 Å². The summed E-state index contributed by atoms with van der Waals surface area (Å²) >= 11 is 1.50. The average Bonchev–Trinajstić information content (AvgIpc) is 3.28. The van der Waals surface area contributed by atoms with Crippen molar-refractivity contribution >= 4 is 34.6 Å². The lowest BCUT2D eigenvalue weighted by atomic mass is 10.1. The Hall–Kier alpha value is -3.30. The summed E-state index contributed by atoms with van der Waals surface area (Å²) in [6.45, 7) is 3.57. The molecule has 1 N–H and O–H groups in total. The topological polar surface area (TPSA) is 74.8 Å². The molecule has 2 aromatic carbocycles. The van der Waals surface area contributed by atoms with Gasteiger partial charge >= 0.3 is 5.97 Å². The standard InChI is InChI=1S/C25H27FN4O3S/c1-33-25(32)16-29-10-12-30(13-11-29)22-8-6-20(7-9-22)27-23(31)15-21-17-34-24(28-21)14-18-2-4-19(26)5-3-18/h2-9,17H,10-16H2,1H3,(H,27,31). The number of carbonyl (C=O) groups is 2. The maximum Gasteiger partial charge on any atom is 0.319 e. The fourth-order valence-electron chi connectivity index (χ4n) is 3.82. The van der Waals surface area contributed by atoms with Crippen LogP contribution in [0.25, 0.3) is 0 Å². The molecule has 9 heteroatoms. The highest BCUT2D eigenvalue weighted by Gasteiger charge is 2.19. The number of carbonyl (C=O) groups excluding carboxylic acids is 2. The number of nitrogens with one attached hydrogen (secondary N) is 1. The van der Waals surface area contributed by atoms with E-state index in [-0.39, 0.29) is 24.1 Å².